The molecule has 1 heterocycles. The maximum atomic E-state index is 9.89. The molecule has 1 aromatic rings. The predicted molar refractivity (Wildman–Crippen MR) is 78.3 cm³/mol. The molecule has 0 aliphatic rings. The number of aromatic nitrogens is 1. The van der Waals surface area contributed by atoms with Crippen molar-refractivity contribution in [2.75, 3.05) is 24.5 Å². The van der Waals surface area contributed by atoms with Crippen molar-refractivity contribution in [3.63, 3.8) is 0 Å². The third kappa shape index (κ3) is 4.55. The van der Waals surface area contributed by atoms with Crippen molar-refractivity contribution in [3.05, 3.63) is 11.1 Å². The first-order chi connectivity index (χ1) is 8.52. The molecule has 2 N–H and O–H groups in total. The van der Waals surface area contributed by atoms with Gasteiger partial charge in [0.2, 0.25) is 0 Å². The lowest BCUT2D eigenvalue weighted by molar-refractivity contribution is 0.0556. The Bertz CT molecular complexity index is 348. The van der Waals surface area contributed by atoms with Gasteiger partial charge in [0.25, 0.3) is 0 Å². The zero-order valence-electron chi connectivity index (χ0n) is 11.9. The van der Waals surface area contributed by atoms with Crippen LogP contribution in [0.2, 0.25) is 0 Å². The monoisotopic (exact) mass is 271 g/mol. The SMILES string of the molecule is CCN(CC)c1ncc(CNCC(C)(O)CC)s1. The Labute approximate surface area is 114 Å². The van der Waals surface area contributed by atoms with Crippen LogP contribution < -0.4 is 10.2 Å². The standard InChI is InChI=1S/C13H25N3OS/c1-5-13(4,17)10-14-8-11-9-15-12(18-11)16(6-2)7-3/h9,14,17H,5-8,10H2,1-4H3. The molecule has 0 fully saturated rings. The quantitative estimate of drug-likeness (QED) is 0.761. The average molecular weight is 271 g/mol. The molecular weight excluding hydrogens is 246 g/mol. The average Bonchev–Trinajstić information content (AvgIpc) is 2.79. The minimum atomic E-state index is -0.619. The molecule has 1 unspecified atom stereocenters. The third-order valence-corrected chi connectivity index (χ3v) is 4.20. The van der Waals surface area contributed by atoms with Gasteiger partial charge in [0.05, 0.1) is 5.60 Å². The fraction of sp³-hybridized carbons (Fsp3) is 0.769. The molecule has 0 aromatic carbocycles. The van der Waals surface area contributed by atoms with Crippen LogP contribution in [0.3, 0.4) is 0 Å². The smallest absolute Gasteiger partial charge is 0.185 e. The van der Waals surface area contributed by atoms with Gasteiger partial charge in [0.1, 0.15) is 0 Å². The summed E-state index contributed by atoms with van der Waals surface area (Å²) in [5, 5.41) is 14.3. The number of hydrogen-bond donors (Lipinski definition) is 2. The van der Waals surface area contributed by atoms with Gasteiger partial charge >= 0.3 is 0 Å². The third-order valence-electron chi connectivity index (χ3n) is 3.14. The molecule has 0 saturated heterocycles. The Kier molecular flexibility index (Phi) is 6.05. The van der Waals surface area contributed by atoms with E-state index < -0.39 is 5.60 Å². The van der Waals surface area contributed by atoms with E-state index in [4.69, 9.17) is 0 Å². The van der Waals surface area contributed by atoms with Gasteiger partial charge in [-0.25, -0.2) is 4.98 Å². The van der Waals surface area contributed by atoms with Crippen molar-refractivity contribution < 1.29 is 5.11 Å². The summed E-state index contributed by atoms with van der Waals surface area (Å²) in [4.78, 5) is 7.89. The van der Waals surface area contributed by atoms with Crippen LogP contribution in [0, 0.1) is 0 Å². The van der Waals surface area contributed by atoms with E-state index in [0.717, 1.165) is 31.2 Å². The van der Waals surface area contributed by atoms with E-state index in [1.165, 1.54) is 4.88 Å². The number of nitrogens with zero attached hydrogens (tertiary/aromatic N) is 2. The zero-order chi connectivity index (χ0) is 13.6. The van der Waals surface area contributed by atoms with E-state index in [2.05, 4.69) is 29.0 Å². The molecule has 0 saturated carbocycles. The number of nitrogens with one attached hydrogen (secondary N) is 1. The first kappa shape index (κ1) is 15.4. The molecule has 1 atom stereocenters. The van der Waals surface area contributed by atoms with E-state index in [1.807, 2.05) is 20.0 Å². The van der Waals surface area contributed by atoms with Gasteiger partial charge in [-0.2, -0.15) is 0 Å². The molecule has 0 radical (unpaired) electrons. The fourth-order valence-electron chi connectivity index (χ4n) is 1.60. The Morgan fingerprint density at radius 1 is 1.39 bits per heavy atom. The van der Waals surface area contributed by atoms with Crippen LogP contribution in [-0.4, -0.2) is 35.3 Å². The lowest BCUT2D eigenvalue weighted by Crippen LogP contribution is -2.36. The second-order valence-corrected chi connectivity index (χ2v) is 5.83. The summed E-state index contributed by atoms with van der Waals surface area (Å²) in [7, 11) is 0. The number of hydrogen-bond acceptors (Lipinski definition) is 5. The molecule has 1 aromatic heterocycles. The Hall–Kier alpha value is -0.650. The van der Waals surface area contributed by atoms with E-state index in [0.29, 0.717) is 6.54 Å². The van der Waals surface area contributed by atoms with Crippen molar-refractivity contribution in [2.45, 2.75) is 46.3 Å². The lowest BCUT2D eigenvalue weighted by Gasteiger charge is -2.21. The molecule has 0 spiro atoms. The topological polar surface area (TPSA) is 48.4 Å². The largest absolute Gasteiger partial charge is 0.389 e. The highest BCUT2D eigenvalue weighted by Gasteiger charge is 2.16. The minimum Gasteiger partial charge on any atom is -0.389 e. The Balaban J connectivity index is 2.45. The first-order valence-electron chi connectivity index (χ1n) is 6.65. The van der Waals surface area contributed by atoms with Crippen LogP contribution >= 0.6 is 11.3 Å². The second kappa shape index (κ2) is 7.07. The van der Waals surface area contributed by atoms with Crippen LogP contribution in [0.25, 0.3) is 0 Å². The Morgan fingerprint density at radius 3 is 2.61 bits per heavy atom. The minimum absolute atomic E-state index is 0.613. The van der Waals surface area contributed by atoms with Crippen molar-refractivity contribution >= 4 is 16.5 Å². The van der Waals surface area contributed by atoms with Crippen molar-refractivity contribution in [2.24, 2.45) is 0 Å². The van der Waals surface area contributed by atoms with Gasteiger partial charge < -0.3 is 15.3 Å². The van der Waals surface area contributed by atoms with Gasteiger partial charge in [0, 0.05) is 37.3 Å². The van der Waals surface area contributed by atoms with Gasteiger partial charge in [-0.1, -0.05) is 6.92 Å². The molecular formula is C13H25N3OS. The lowest BCUT2D eigenvalue weighted by atomic mass is 10.0. The molecule has 18 heavy (non-hydrogen) atoms. The molecule has 104 valence electrons. The summed E-state index contributed by atoms with van der Waals surface area (Å²) in [6, 6.07) is 0. The van der Waals surface area contributed by atoms with Crippen LogP contribution in [0.15, 0.2) is 6.20 Å². The van der Waals surface area contributed by atoms with Crippen LogP contribution in [0.4, 0.5) is 5.13 Å². The maximum Gasteiger partial charge on any atom is 0.185 e. The maximum absolute atomic E-state index is 9.89. The van der Waals surface area contributed by atoms with Gasteiger partial charge in [-0.05, 0) is 27.2 Å². The summed E-state index contributed by atoms with van der Waals surface area (Å²) in [6.45, 7) is 11.5. The molecule has 0 aliphatic carbocycles. The van der Waals surface area contributed by atoms with Crippen molar-refractivity contribution in [1.82, 2.24) is 10.3 Å². The summed E-state index contributed by atoms with van der Waals surface area (Å²) >= 11 is 1.72. The predicted octanol–water partition coefficient (Wildman–Crippen LogP) is 2.24. The van der Waals surface area contributed by atoms with Crippen LogP contribution in [0.5, 0.6) is 0 Å². The summed E-state index contributed by atoms with van der Waals surface area (Å²) < 4.78 is 0. The van der Waals surface area contributed by atoms with Gasteiger partial charge in [0.15, 0.2) is 5.13 Å². The normalized spacial score (nSPS) is 14.5. The molecule has 4 nitrogen and oxygen atoms in total. The van der Waals surface area contributed by atoms with Gasteiger partial charge in [-0.15, -0.1) is 11.3 Å². The number of anilines is 1. The molecule has 0 bridgehead atoms. The highest BCUT2D eigenvalue weighted by atomic mass is 32.1. The summed E-state index contributed by atoms with van der Waals surface area (Å²) in [5.74, 6) is 0. The molecule has 1 rings (SSSR count). The van der Waals surface area contributed by atoms with E-state index >= 15 is 0 Å². The molecule has 0 amide bonds. The van der Waals surface area contributed by atoms with E-state index in [-0.39, 0.29) is 0 Å². The summed E-state index contributed by atoms with van der Waals surface area (Å²) in [5.41, 5.74) is -0.619. The number of aliphatic hydroxyl groups is 1. The second-order valence-electron chi connectivity index (χ2n) is 4.74. The van der Waals surface area contributed by atoms with Gasteiger partial charge in [-0.3, -0.25) is 0 Å². The molecule has 0 aliphatic heterocycles. The van der Waals surface area contributed by atoms with Crippen molar-refractivity contribution in [1.29, 1.82) is 0 Å². The zero-order valence-corrected chi connectivity index (χ0v) is 12.7. The number of rotatable bonds is 8. The first-order valence-corrected chi connectivity index (χ1v) is 7.46. The Morgan fingerprint density at radius 2 is 2.06 bits per heavy atom. The highest BCUT2D eigenvalue weighted by Crippen LogP contribution is 2.22. The summed E-state index contributed by atoms with van der Waals surface area (Å²) in [6.07, 6.45) is 2.68. The highest BCUT2D eigenvalue weighted by molar-refractivity contribution is 7.15. The number of thiazole rings is 1. The van der Waals surface area contributed by atoms with Crippen LogP contribution in [0.1, 0.15) is 39.0 Å². The van der Waals surface area contributed by atoms with Crippen LogP contribution in [-0.2, 0) is 6.54 Å². The fourth-order valence-corrected chi connectivity index (χ4v) is 2.61. The van der Waals surface area contributed by atoms with E-state index in [9.17, 15) is 5.11 Å². The van der Waals surface area contributed by atoms with E-state index in [1.54, 1.807) is 11.3 Å². The van der Waals surface area contributed by atoms with Crippen molar-refractivity contribution in [3.8, 4) is 0 Å². The molecule has 5 heteroatoms.